The Hall–Kier alpha value is -1.87. The molecule has 2 nitrogen and oxygen atoms in total. The Balaban J connectivity index is 1.98. The van der Waals surface area contributed by atoms with E-state index in [-0.39, 0.29) is 11.2 Å². The summed E-state index contributed by atoms with van der Waals surface area (Å²) in [6, 6.07) is 17.7. The van der Waals surface area contributed by atoms with E-state index in [4.69, 9.17) is 0 Å². The van der Waals surface area contributed by atoms with E-state index < -0.39 is 9.84 Å². The molecule has 0 radical (unpaired) electrons. The van der Waals surface area contributed by atoms with Crippen molar-refractivity contribution in [2.75, 3.05) is 5.75 Å². The normalized spacial score (nSPS) is 21.6. The zero-order valence-corrected chi connectivity index (χ0v) is 14.6. The minimum absolute atomic E-state index is 0.221. The fourth-order valence-electron chi connectivity index (χ4n) is 4.24. The number of allylic oxidation sites excluding steroid dienone is 1. The molecule has 0 atom stereocenters. The zero-order valence-electron chi connectivity index (χ0n) is 13.7. The molecule has 24 heavy (non-hydrogen) atoms. The van der Waals surface area contributed by atoms with E-state index in [0.717, 1.165) is 42.4 Å². The van der Waals surface area contributed by atoms with Crippen LogP contribution >= 0.6 is 0 Å². The van der Waals surface area contributed by atoms with Gasteiger partial charge in [-0.1, -0.05) is 73.9 Å². The van der Waals surface area contributed by atoms with Crippen molar-refractivity contribution >= 4 is 15.4 Å². The molecule has 0 bridgehead atoms. The van der Waals surface area contributed by atoms with Crippen LogP contribution < -0.4 is 0 Å². The van der Waals surface area contributed by atoms with Gasteiger partial charge in [0.2, 0.25) is 0 Å². The summed E-state index contributed by atoms with van der Waals surface area (Å²) >= 11 is 0. The highest BCUT2D eigenvalue weighted by Gasteiger charge is 2.39. The van der Waals surface area contributed by atoms with Crippen LogP contribution in [0.25, 0.3) is 5.57 Å². The highest BCUT2D eigenvalue weighted by atomic mass is 32.2. The number of hydrogen-bond acceptors (Lipinski definition) is 2. The molecule has 1 spiro atoms. The minimum atomic E-state index is -3.28. The van der Waals surface area contributed by atoms with Gasteiger partial charge in [0.25, 0.3) is 0 Å². The second-order valence-corrected chi connectivity index (χ2v) is 9.06. The van der Waals surface area contributed by atoms with Crippen LogP contribution in [0.4, 0.5) is 0 Å². The van der Waals surface area contributed by atoms with Crippen molar-refractivity contribution in [2.24, 2.45) is 5.41 Å². The van der Waals surface area contributed by atoms with Gasteiger partial charge in [-0.15, -0.1) is 0 Å². The highest BCUT2D eigenvalue weighted by molar-refractivity contribution is 7.91. The van der Waals surface area contributed by atoms with Crippen LogP contribution in [-0.4, -0.2) is 14.2 Å². The van der Waals surface area contributed by atoms with Crippen LogP contribution in [0.2, 0.25) is 0 Å². The zero-order chi connectivity index (χ0) is 16.6. The van der Waals surface area contributed by atoms with Crippen LogP contribution in [0.1, 0.15) is 43.2 Å². The van der Waals surface area contributed by atoms with Crippen molar-refractivity contribution in [3.63, 3.8) is 0 Å². The molecule has 2 aromatic rings. The average molecular weight is 338 g/mol. The predicted octanol–water partition coefficient (Wildman–Crippen LogP) is 4.86. The summed E-state index contributed by atoms with van der Waals surface area (Å²) < 4.78 is 26.2. The third-order valence-electron chi connectivity index (χ3n) is 5.37. The first-order valence-corrected chi connectivity index (χ1v) is 10.4. The monoisotopic (exact) mass is 338 g/mol. The quantitative estimate of drug-likeness (QED) is 0.744. The molecule has 2 aromatic carbocycles. The van der Waals surface area contributed by atoms with Gasteiger partial charge >= 0.3 is 0 Å². The van der Waals surface area contributed by atoms with E-state index in [1.807, 2.05) is 36.4 Å². The summed E-state index contributed by atoms with van der Waals surface area (Å²) in [5.74, 6) is 0.243. The van der Waals surface area contributed by atoms with Crippen molar-refractivity contribution < 1.29 is 8.42 Å². The second-order valence-electron chi connectivity index (χ2n) is 7.10. The number of hydrogen-bond donors (Lipinski definition) is 0. The van der Waals surface area contributed by atoms with Gasteiger partial charge in [-0.25, -0.2) is 8.42 Å². The number of rotatable bonds is 1. The van der Waals surface area contributed by atoms with Gasteiger partial charge in [-0.2, -0.15) is 0 Å². The van der Waals surface area contributed by atoms with Gasteiger partial charge in [0.15, 0.2) is 9.84 Å². The molecular weight excluding hydrogens is 316 g/mol. The lowest BCUT2D eigenvalue weighted by Gasteiger charge is -2.34. The van der Waals surface area contributed by atoms with Gasteiger partial charge in [0.1, 0.15) is 0 Å². The van der Waals surface area contributed by atoms with Gasteiger partial charge < -0.3 is 0 Å². The molecule has 0 saturated heterocycles. The van der Waals surface area contributed by atoms with E-state index in [9.17, 15) is 8.42 Å². The van der Waals surface area contributed by atoms with E-state index in [1.54, 1.807) is 6.07 Å². The highest BCUT2D eigenvalue weighted by Crippen LogP contribution is 2.46. The fraction of sp³-hybridized carbons (Fsp3) is 0.333. The summed E-state index contributed by atoms with van der Waals surface area (Å²) in [5.41, 5.74) is 2.81. The van der Waals surface area contributed by atoms with Crippen LogP contribution in [0, 0.1) is 5.41 Å². The fourth-order valence-corrected chi connectivity index (χ4v) is 6.33. The SMILES string of the molecule is O=S1(=O)CC2(C=C(c3ccccc3)c3ccccc31)CCCCC2. The largest absolute Gasteiger partial charge is 0.224 e. The Kier molecular flexibility index (Phi) is 3.84. The Morgan fingerprint density at radius 1 is 0.792 bits per heavy atom. The first-order valence-electron chi connectivity index (χ1n) is 8.70. The van der Waals surface area contributed by atoms with Gasteiger partial charge in [0, 0.05) is 11.0 Å². The van der Waals surface area contributed by atoms with E-state index in [2.05, 4.69) is 18.2 Å². The molecular formula is C21H22O2S. The molecule has 1 aliphatic heterocycles. The first kappa shape index (κ1) is 15.6. The topological polar surface area (TPSA) is 34.1 Å². The maximum atomic E-state index is 13.1. The summed E-state index contributed by atoms with van der Waals surface area (Å²) in [4.78, 5) is 0.488. The Morgan fingerprint density at radius 2 is 1.46 bits per heavy atom. The molecule has 0 unspecified atom stereocenters. The first-order chi connectivity index (χ1) is 11.6. The molecule has 0 N–H and O–H groups in total. The van der Waals surface area contributed by atoms with Crippen molar-refractivity contribution in [3.05, 3.63) is 71.8 Å². The molecule has 1 saturated carbocycles. The lowest BCUT2D eigenvalue weighted by atomic mass is 9.73. The average Bonchev–Trinajstić information content (AvgIpc) is 2.69. The van der Waals surface area contributed by atoms with E-state index >= 15 is 0 Å². The minimum Gasteiger partial charge on any atom is -0.224 e. The number of sulfone groups is 1. The molecule has 1 aliphatic carbocycles. The number of fused-ring (bicyclic) bond motifs is 1. The summed E-state index contributed by atoms with van der Waals surface area (Å²) in [6.07, 6.45) is 7.66. The van der Waals surface area contributed by atoms with Gasteiger partial charge in [0.05, 0.1) is 10.6 Å². The Morgan fingerprint density at radius 3 is 2.21 bits per heavy atom. The molecule has 3 heteroatoms. The van der Waals surface area contributed by atoms with Crippen molar-refractivity contribution in [3.8, 4) is 0 Å². The van der Waals surface area contributed by atoms with Crippen LogP contribution in [-0.2, 0) is 9.84 Å². The summed E-state index contributed by atoms with van der Waals surface area (Å²) in [5, 5.41) is 0. The standard InChI is InChI=1S/C21H22O2S/c22-24(23)16-21(13-7-2-8-14-21)15-19(17-9-3-1-4-10-17)18-11-5-6-12-20(18)24/h1,3-6,9-12,15H,2,7-8,13-14,16H2. The van der Waals surface area contributed by atoms with E-state index in [1.165, 1.54) is 6.42 Å². The maximum Gasteiger partial charge on any atom is 0.179 e. The third kappa shape index (κ3) is 2.71. The second kappa shape index (κ2) is 5.89. The third-order valence-corrected chi connectivity index (χ3v) is 7.36. The van der Waals surface area contributed by atoms with Gasteiger partial charge in [-0.3, -0.25) is 0 Å². The smallest absolute Gasteiger partial charge is 0.179 e. The molecule has 2 aliphatic rings. The Bertz CT molecular complexity index is 873. The lowest BCUT2D eigenvalue weighted by molar-refractivity contribution is 0.289. The van der Waals surface area contributed by atoms with Crippen molar-refractivity contribution in [1.82, 2.24) is 0 Å². The summed E-state index contributed by atoms with van der Waals surface area (Å²) in [7, 11) is -3.28. The molecule has 4 rings (SSSR count). The van der Waals surface area contributed by atoms with Gasteiger partial charge in [-0.05, 0) is 30.0 Å². The van der Waals surface area contributed by atoms with Crippen LogP contribution in [0.5, 0.6) is 0 Å². The number of benzene rings is 2. The molecule has 0 amide bonds. The van der Waals surface area contributed by atoms with Crippen LogP contribution in [0.3, 0.4) is 0 Å². The Labute approximate surface area is 144 Å². The molecule has 124 valence electrons. The molecule has 1 heterocycles. The van der Waals surface area contributed by atoms with E-state index in [0.29, 0.717) is 4.90 Å². The van der Waals surface area contributed by atoms with Crippen molar-refractivity contribution in [2.45, 2.75) is 37.0 Å². The molecule has 0 aromatic heterocycles. The maximum absolute atomic E-state index is 13.1. The summed E-state index contributed by atoms with van der Waals surface area (Å²) in [6.45, 7) is 0. The lowest BCUT2D eigenvalue weighted by Crippen LogP contribution is -2.30. The van der Waals surface area contributed by atoms with Crippen molar-refractivity contribution in [1.29, 1.82) is 0 Å². The van der Waals surface area contributed by atoms with Crippen LogP contribution in [0.15, 0.2) is 65.6 Å². The predicted molar refractivity (Wildman–Crippen MR) is 97.5 cm³/mol. The molecule has 1 fully saturated rings.